The van der Waals surface area contributed by atoms with E-state index in [2.05, 4.69) is 47.9 Å². The fourth-order valence-electron chi connectivity index (χ4n) is 1.41. The van der Waals surface area contributed by atoms with Gasteiger partial charge in [0.05, 0.1) is 5.03 Å². The molecule has 0 spiro atoms. The number of nitrogens with zero attached hydrogens (tertiary/aromatic N) is 2. The molecule has 0 bridgehead atoms. The number of hydrogen-bond acceptors (Lipinski definition) is 4. The maximum atomic E-state index is 4.49. The molecule has 1 aromatic carbocycles. The largest absolute Gasteiger partial charge is 0.232 e. The molecule has 0 saturated carbocycles. The van der Waals surface area contributed by atoms with Gasteiger partial charge in [-0.1, -0.05) is 6.58 Å². The van der Waals surface area contributed by atoms with Crippen molar-refractivity contribution in [2.75, 3.05) is 12.5 Å². The van der Waals surface area contributed by atoms with Crippen molar-refractivity contribution in [1.82, 2.24) is 0 Å². The first-order chi connectivity index (χ1) is 9.44. The third-order valence-corrected chi connectivity index (χ3v) is 4.35. The molecule has 0 N–H and O–H groups in total. The summed E-state index contributed by atoms with van der Waals surface area (Å²) in [5, 5.41) is 1.51. The van der Waals surface area contributed by atoms with Gasteiger partial charge >= 0.3 is 0 Å². The number of rotatable bonds is 4. The summed E-state index contributed by atoms with van der Waals surface area (Å²) in [6, 6.07) is 6.50. The minimum Gasteiger partial charge on any atom is -0.232 e. The molecule has 0 aliphatic rings. The standard InChI is InChI=1S/C15H20N2S3/c1-10(2)16-15(17-12(4)18-5)20-14-8-11(3)7-13(9-14)19-6/h7-9H,4H2,1-3,5-6H3/b17-15+. The Bertz CT molecular complexity index is 544. The zero-order valence-corrected chi connectivity index (χ0v) is 15.0. The minimum atomic E-state index is 0.738. The highest BCUT2D eigenvalue weighted by atomic mass is 32.2. The first-order valence-electron chi connectivity index (χ1n) is 6.11. The lowest BCUT2D eigenvalue weighted by Gasteiger charge is -2.06. The molecular weight excluding hydrogens is 304 g/mol. The van der Waals surface area contributed by atoms with E-state index < -0.39 is 0 Å². The van der Waals surface area contributed by atoms with Crippen molar-refractivity contribution in [3.05, 3.63) is 35.4 Å². The molecule has 5 heteroatoms. The van der Waals surface area contributed by atoms with E-state index in [9.17, 15) is 0 Å². The van der Waals surface area contributed by atoms with Crippen LogP contribution in [0.2, 0.25) is 0 Å². The summed E-state index contributed by atoms with van der Waals surface area (Å²) >= 11 is 4.86. The molecule has 0 aliphatic heterocycles. The Kier molecular flexibility index (Phi) is 7.48. The van der Waals surface area contributed by atoms with Crippen molar-refractivity contribution < 1.29 is 0 Å². The monoisotopic (exact) mass is 324 g/mol. The summed E-state index contributed by atoms with van der Waals surface area (Å²) < 4.78 is 0. The van der Waals surface area contributed by atoms with E-state index in [0.717, 1.165) is 20.8 Å². The third kappa shape index (κ3) is 6.20. The molecule has 0 saturated heterocycles. The molecule has 0 aromatic heterocycles. The summed E-state index contributed by atoms with van der Waals surface area (Å²) in [6.07, 6.45) is 4.05. The second-order valence-corrected chi connectivity index (χ2v) is 7.14. The van der Waals surface area contributed by atoms with Crippen LogP contribution in [0.15, 0.2) is 49.6 Å². The SMILES string of the molecule is C=C(/N=C(\N=C(C)C)Sc1cc(C)cc(SC)c1)SC. The van der Waals surface area contributed by atoms with Gasteiger partial charge in [-0.2, -0.15) is 0 Å². The van der Waals surface area contributed by atoms with Crippen LogP contribution in [0.5, 0.6) is 0 Å². The van der Waals surface area contributed by atoms with Crippen molar-refractivity contribution >= 4 is 46.2 Å². The molecular formula is C15H20N2S3. The molecule has 2 nitrogen and oxygen atoms in total. The Balaban J connectivity index is 3.07. The number of aliphatic imine (C=N–C) groups is 2. The molecule has 0 heterocycles. The molecule has 0 fully saturated rings. The van der Waals surface area contributed by atoms with Gasteiger partial charge in [0.15, 0.2) is 5.17 Å². The average Bonchev–Trinajstić information content (AvgIpc) is 2.36. The van der Waals surface area contributed by atoms with Crippen molar-refractivity contribution in [2.24, 2.45) is 9.98 Å². The second kappa shape index (κ2) is 8.60. The van der Waals surface area contributed by atoms with E-state index in [1.807, 2.05) is 20.1 Å². The topological polar surface area (TPSA) is 24.7 Å². The van der Waals surface area contributed by atoms with E-state index in [-0.39, 0.29) is 0 Å². The fraction of sp³-hybridized carbons (Fsp3) is 0.333. The van der Waals surface area contributed by atoms with E-state index in [0.29, 0.717) is 0 Å². The Morgan fingerprint density at radius 3 is 2.25 bits per heavy atom. The van der Waals surface area contributed by atoms with E-state index >= 15 is 0 Å². The zero-order chi connectivity index (χ0) is 15.1. The molecule has 1 aromatic rings. The summed E-state index contributed by atoms with van der Waals surface area (Å²) in [7, 11) is 0. The predicted octanol–water partition coefficient (Wildman–Crippen LogP) is 5.48. The van der Waals surface area contributed by atoms with Gasteiger partial charge in [-0.05, 0) is 68.8 Å². The van der Waals surface area contributed by atoms with Crippen LogP contribution in [0, 0.1) is 6.92 Å². The maximum Gasteiger partial charge on any atom is 0.193 e. The van der Waals surface area contributed by atoms with Crippen LogP contribution in [-0.4, -0.2) is 23.4 Å². The molecule has 0 atom stereocenters. The normalized spacial score (nSPS) is 11.3. The highest BCUT2D eigenvalue weighted by Crippen LogP contribution is 2.28. The lowest BCUT2D eigenvalue weighted by molar-refractivity contribution is 1.27. The van der Waals surface area contributed by atoms with Gasteiger partial charge in [-0.3, -0.25) is 0 Å². The van der Waals surface area contributed by atoms with Gasteiger partial charge in [-0.15, -0.1) is 23.5 Å². The summed E-state index contributed by atoms with van der Waals surface area (Å²) in [4.78, 5) is 11.4. The first kappa shape index (κ1) is 17.4. The minimum absolute atomic E-state index is 0.738. The van der Waals surface area contributed by atoms with Crippen molar-refractivity contribution in [3.63, 3.8) is 0 Å². The summed E-state index contributed by atoms with van der Waals surface area (Å²) in [6.45, 7) is 9.96. The van der Waals surface area contributed by atoms with Gasteiger partial charge in [0.25, 0.3) is 0 Å². The lowest BCUT2D eigenvalue weighted by Crippen LogP contribution is -1.93. The van der Waals surface area contributed by atoms with Gasteiger partial charge < -0.3 is 0 Å². The van der Waals surface area contributed by atoms with Crippen molar-refractivity contribution in [1.29, 1.82) is 0 Å². The number of thioether (sulfide) groups is 3. The maximum absolute atomic E-state index is 4.49. The average molecular weight is 325 g/mol. The van der Waals surface area contributed by atoms with Gasteiger partial charge in [0, 0.05) is 15.5 Å². The fourth-order valence-corrected chi connectivity index (χ4v) is 3.29. The van der Waals surface area contributed by atoms with Crippen LogP contribution < -0.4 is 0 Å². The van der Waals surface area contributed by atoms with E-state index in [1.54, 1.807) is 23.5 Å². The number of amidine groups is 1. The van der Waals surface area contributed by atoms with Crippen LogP contribution in [0.3, 0.4) is 0 Å². The van der Waals surface area contributed by atoms with Crippen LogP contribution in [0.4, 0.5) is 0 Å². The van der Waals surface area contributed by atoms with Crippen molar-refractivity contribution in [3.8, 4) is 0 Å². The Morgan fingerprint density at radius 1 is 1.05 bits per heavy atom. The van der Waals surface area contributed by atoms with Crippen LogP contribution in [0.25, 0.3) is 0 Å². The number of hydrogen-bond donors (Lipinski definition) is 0. The van der Waals surface area contributed by atoms with E-state index in [1.165, 1.54) is 22.2 Å². The van der Waals surface area contributed by atoms with Gasteiger partial charge in [0.2, 0.25) is 0 Å². The summed E-state index contributed by atoms with van der Waals surface area (Å²) in [5.74, 6) is 0. The molecule has 108 valence electrons. The third-order valence-electron chi connectivity index (χ3n) is 2.24. The first-order valence-corrected chi connectivity index (χ1v) is 9.38. The Morgan fingerprint density at radius 2 is 1.70 bits per heavy atom. The van der Waals surface area contributed by atoms with Crippen LogP contribution in [0.1, 0.15) is 19.4 Å². The quantitative estimate of drug-likeness (QED) is 0.416. The molecule has 0 aliphatic carbocycles. The van der Waals surface area contributed by atoms with Gasteiger partial charge in [0.1, 0.15) is 0 Å². The molecule has 0 unspecified atom stereocenters. The second-order valence-electron chi connectivity index (χ2n) is 4.34. The van der Waals surface area contributed by atoms with Gasteiger partial charge in [-0.25, -0.2) is 9.98 Å². The molecule has 0 radical (unpaired) electrons. The predicted molar refractivity (Wildman–Crippen MR) is 97.7 cm³/mol. The van der Waals surface area contributed by atoms with Crippen molar-refractivity contribution in [2.45, 2.75) is 30.6 Å². The zero-order valence-electron chi connectivity index (χ0n) is 12.6. The molecule has 0 amide bonds. The van der Waals surface area contributed by atoms with Crippen LogP contribution in [-0.2, 0) is 0 Å². The smallest absolute Gasteiger partial charge is 0.193 e. The summed E-state index contributed by atoms with van der Waals surface area (Å²) in [5.41, 5.74) is 2.24. The van der Waals surface area contributed by atoms with E-state index in [4.69, 9.17) is 0 Å². The highest BCUT2D eigenvalue weighted by molar-refractivity contribution is 8.14. The Hall–Kier alpha value is -0.650. The Labute approximate surface area is 134 Å². The number of aryl methyl sites for hydroxylation is 1. The number of benzene rings is 1. The molecule has 20 heavy (non-hydrogen) atoms. The highest BCUT2D eigenvalue weighted by Gasteiger charge is 2.05. The lowest BCUT2D eigenvalue weighted by atomic mass is 10.2. The van der Waals surface area contributed by atoms with Crippen LogP contribution >= 0.6 is 35.3 Å². The molecule has 1 rings (SSSR count).